The van der Waals surface area contributed by atoms with Gasteiger partial charge in [-0.1, -0.05) is 0 Å². The number of nitrogens with zero attached hydrogens (tertiary/aromatic N) is 2. The van der Waals surface area contributed by atoms with Crippen LogP contribution in [0.2, 0.25) is 0 Å². The number of amides is 1. The number of rotatable bonds is 5. The lowest BCUT2D eigenvalue weighted by Crippen LogP contribution is -2.28. The van der Waals surface area contributed by atoms with Crippen molar-refractivity contribution in [2.75, 3.05) is 6.54 Å². The van der Waals surface area contributed by atoms with Gasteiger partial charge >= 0.3 is 0 Å². The van der Waals surface area contributed by atoms with E-state index in [1.165, 1.54) is 30.1 Å². The SMILES string of the molecule is O=C(CCn1c(C2CC2)nc2c1CCNC2)NC1CC1. The van der Waals surface area contributed by atoms with Gasteiger partial charge in [0.1, 0.15) is 5.82 Å². The average Bonchev–Trinajstić information content (AvgIpc) is 3.36. The van der Waals surface area contributed by atoms with Gasteiger partial charge in [0.2, 0.25) is 5.91 Å². The third kappa shape index (κ3) is 2.46. The van der Waals surface area contributed by atoms with Crippen LogP contribution in [-0.2, 0) is 24.3 Å². The van der Waals surface area contributed by atoms with Gasteiger partial charge in [-0.15, -0.1) is 0 Å². The van der Waals surface area contributed by atoms with Gasteiger partial charge in [-0.05, 0) is 25.7 Å². The van der Waals surface area contributed by atoms with E-state index in [1.807, 2.05) is 0 Å². The van der Waals surface area contributed by atoms with E-state index >= 15 is 0 Å². The first-order valence-electron chi connectivity index (χ1n) is 7.89. The predicted octanol–water partition coefficient (Wildman–Crippen LogP) is 1.07. The number of imidazole rings is 1. The van der Waals surface area contributed by atoms with Gasteiger partial charge in [-0.3, -0.25) is 4.79 Å². The Morgan fingerprint density at radius 3 is 2.95 bits per heavy atom. The van der Waals surface area contributed by atoms with Crippen LogP contribution in [0.25, 0.3) is 0 Å². The molecule has 0 unspecified atom stereocenters. The van der Waals surface area contributed by atoms with Crippen LogP contribution in [-0.4, -0.2) is 28.0 Å². The van der Waals surface area contributed by atoms with E-state index in [2.05, 4.69) is 15.2 Å². The smallest absolute Gasteiger partial charge is 0.222 e. The van der Waals surface area contributed by atoms with E-state index < -0.39 is 0 Å². The lowest BCUT2D eigenvalue weighted by molar-refractivity contribution is -0.121. The van der Waals surface area contributed by atoms with Crippen LogP contribution >= 0.6 is 0 Å². The highest BCUT2D eigenvalue weighted by atomic mass is 16.1. The van der Waals surface area contributed by atoms with E-state index in [1.54, 1.807) is 0 Å². The summed E-state index contributed by atoms with van der Waals surface area (Å²) in [5.41, 5.74) is 2.57. The van der Waals surface area contributed by atoms with Crippen molar-refractivity contribution in [3.05, 3.63) is 17.2 Å². The molecule has 1 aliphatic heterocycles. The summed E-state index contributed by atoms with van der Waals surface area (Å²) in [7, 11) is 0. The fraction of sp³-hybridized carbons (Fsp3) is 0.733. The van der Waals surface area contributed by atoms with E-state index in [0.717, 1.165) is 38.9 Å². The molecule has 1 amide bonds. The topological polar surface area (TPSA) is 59.0 Å². The molecule has 2 saturated carbocycles. The molecule has 2 aliphatic carbocycles. The van der Waals surface area contributed by atoms with Crippen LogP contribution in [0.5, 0.6) is 0 Å². The first-order valence-corrected chi connectivity index (χ1v) is 7.89. The third-order valence-electron chi connectivity index (χ3n) is 4.46. The summed E-state index contributed by atoms with van der Waals surface area (Å²) in [6.07, 6.45) is 6.47. The molecule has 2 fully saturated rings. The molecule has 2 N–H and O–H groups in total. The zero-order valence-corrected chi connectivity index (χ0v) is 11.8. The lowest BCUT2D eigenvalue weighted by atomic mass is 10.2. The quantitative estimate of drug-likeness (QED) is 0.844. The first-order chi connectivity index (χ1) is 9.81. The second-order valence-corrected chi connectivity index (χ2v) is 6.31. The van der Waals surface area contributed by atoms with Gasteiger partial charge in [0.25, 0.3) is 0 Å². The molecule has 1 aromatic rings. The van der Waals surface area contributed by atoms with Crippen LogP contribution in [0.3, 0.4) is 0 Å². The molecule has 0 spiro atoms. The Hall–Kier alpha value is -1.36. The van der Waals surface area contributed by atoms with Crippen molar-refractivity contribution in [2.45, 2.75) is 63.6 Å². The maximum atomic E-state index is 11.9. The van der Waals surface area contributed by atoms with Crippen molar-refractivity contribution in [3.63, 3.8) is 0 Å². The fourth-order valence-electron chi connectivity index (χ4n) is 3.04. The van der Waals surface area contributed by atoms with E-state index in [0.29, 0.717) is 18.4 Å². The number of fused-ring (bicyclic) bond motifs is 1. The summed E-state index contributed by atoms with van der Waals surface area (Å²) in [6.45, 7) is 2.71. The molecule has 4 rings (SSSR count). The molecule has 0 saturated heterocycles. The number of carbonyl (C=O) groups is 1. The van der Waals surface area contributed by atoms with Crippen LogP contribution in [0.4, 0.5) is 0 Å². The average molecular weight is 274 g/mol. The van der Waals surface area contributed by atoms with E-state index in [4.69, 9.17) is 4.98 Å². The molecule has 5 nitrogen and oxygen atoms in total. The van der Waals surface area contributed by atoms with Crippen LogP contribution in [0, 0.1) is 0 Å². The van der Waals surface area contributed by atoms with Crippen molar-refractivity contribution in [3.8, 4) is 0 Å². The summed E-state index contributed by atoms with van der Waals surface area (Å²) in [5, 5.41) is 6.46. The minimum Gasteiger partial charge on any atom is -0.353 e. The van der Waals surface area contributed by atoms with Crippen molar-refractivity contribution < 1.29 is 4.79 Å². The first kappa shape index (κ1) is 12.4. The molecule has 0 aromatic carbocycles. The van der Waals surface area contributed by atoms with Crippen molar-refractivity contribution in [1.82, 2.24) is 20.2 Å². The Labute approximate surface area is 119 Å². The number of aromatic nitrogens is 2. The van der Waals surface area contributed by atoms with Crippen molar-refractivity contribution >= 4 is 5.91 Å². The number of carbonyl (C=O) groups excluding carboxylic acids is 1. The second-order valence-electron chi connectivity index (χ2n) is 6.31. The van der Waals surface area contributed by atoms with Gasteiger partial charge < -0.3 is 15.2 Å². The largest absolute Gasteiger partial charge is 0.353 e. The Morgan fingerprint density at radius 1 is 1.35 bits per heavy atom. The van der Waals surface area contributed by atoms with Crippen LogP contribution < -0.4 is 10.6 Å². The number of nitrogens with one attached hydrogen (secondary N) is 2. The van der Waals surface area contributed by atoms with Crippen LogP contribution in [0.15, 0.2) is 0 Å². The van der Waals surface area contributed by atoms with E-state index in [-0.39, 0.29) is 5.91 Å². The molecule has 0 atom stereocenters. The zero-order chi connectivity index (χ0) is 13.5. The Bertz CT molecular complexity index is 528. The Balaban J connectivity index is 1.49. The Morgan fingerprint density at radius 2 is 2.20 bits per heavy atom. The highest BCUT2D eigenvalue weighted by molar-refractivity contribution is 5.76. The Kier molecular flexibility index (Phi) is 3.02. The minimum absolute atomic E-state index is 0.200. The number of hydrogen-bond acceptors (Lipinski definition) is 3. The molecular formula is C15H22N4O. The van der Waals surface area contributed by atoms with Gasteiger partial charge in [-0.2, -0.15) is 0 Å². The monoisotopic (exact) mass is 274 g/mol. The summed E-state index contributed by atoms with van der Waals surface area (Å²) >= 11 is 0. The van der Waals surface area contributed by atoms with Gasteiger partial charge in [-0.25, -0.2) is 4.98 Å². The molecule has 0 radical (unpaired) electrons. The molecule has 0 bridgehead atoms. The molecule has 108 valence electrons. The molecule has 1 aromatic heterocycles. The summed E-state index contributed by atoms with van der Waals surface area (Å²) in [5.74, 6) is 2.08. The van der Waals surface area contributed by atoms with Crippen LogP contribution in [0.1, 0.15) is 55.2 Å². The molecule has 2 heterocycles. The highest BCUT2D eigenvalue weighted by Crippen LogP contribution is 2.40. The predicted molar refractivity (Wildman–Crippen MR) is 75.4 cm³/mol. The maximum Gasteiger partial charge on any atom is 0.222 e. The number of hydrogen-bond donors (Lipinski definition) is 2. The zero-order valence-electron chi connectivity index (χ0n) is 11.8. The fourth-order valence-corrected chi connectivity index (χ4v) is 3.04. The summed E-state index contributed by atoms with van der Waals surface area (Å²) < 4.78 is 2.35. The summed E-state index contributed by atoms with van der Waals surface area (Å²) in [6, 6.07) is 0.464. The van der Waals surface area contributed by atoms with Crippen molar-refractivity contribution in [1.29, 1.82) is 0 Å². The van der Waals surface area contributed by atoms with Crippen molar-refractivity contribution in [2.24, 2.45) is 0 Å². The standard InChI is InChI=1S/C15H22N4O/c20-14(17-11-3-4-11)6-8-19-13-5-7-16-9-12(13)18-15(19)10-1-2-10/h10-11,16H,1-9H2,(H,17,20). The molecule has 5 heteroatoms. The maximum absolute atomic E-state index is 11.9. The molecule has 20 heavy (non-hydrogen) atoms. The lowest BCUT2D eigenvalue weighted by Gasteiger charge is -2.16. The van der Waals surface area contributed by atoms with Gasteiger partial charge in [0.15, 0.2) is 0 Å². The van der Waals surface area contributed by atoms with Gasteiger partial charge in [0.05, 0.1) is 5.69 Å². The third-order valence-corrected chi connectivity index (χ3v) is 4.46. The highest BCUT2D eigenvalue weighted by Gasteiger charge is 2.32. The second kappa shape index (κ2) is 4.88. The van der Waals surface area contributed by atoms with Gasteiger partial charge in [0, 0.05) is 50.1 Å². The minimum atomic E-state index is 0.200. The molecular weight excluding hydrogens is 252 g/mol. The van der Waals surface area contributed by atoms with E-state index in [9.17, 15) is 4.79 Å². The normalized spacial score (nSPS) is 21.6. The summed E-state index contributed by atoms with van der Waals surface area (Å²) in [4.78, 5) is 16.7. The molecule has 3 aliphatic rings.